The van der Waals surface area contributed by atoms with E-state index < -0.39 is 5.60 Å². The zero-order valence-electron chi connectivity index (χ0n) is 17.4. The molecule has 1 unspecified atom stereocenters. The third-order valence-electron chi connectivity index (χ3n) is 4.95. The van der Waals surface area contributed by atoms with Crippen LogP contribution in [-0.2, 0) is 11.3 Å². The second-order valence-corrected chi connectivity index (χ2v) is 8.25. The average Bonchev–Trinajstić information content (AvgIpc) is 3.10. The third-order valence-corrected chi connectivity index (χ3v) is 4.95. The molecule has 3 rings (SSSR count). The van der Waals surface area contributed by atoms with Crippen LogP contribution in [0.1, 0.15) is 57.7 Å². The van der Waals surface area contributed by atoms with Crippen LogP contribution in [0.5, 0.6) is 0 Å². The molecule has 28 heavy (non-hydrogen) atoms. The van der Waals surface area contributed by atoms with E-state index in [2.05, 4.69) is 40.2 Å². The molecule has 150 valence electrons. The van der Waals surface area contributed by atoms with Crippen LogP contribution >= 0.6 is 0 Å². The third kappa shape index (κ3) is 4.90. The largest absolute Gasteiger partial charge is 0.443 e. The number of rotatable bonds is 5. The topological polar surface area (TPSA) is 45.7 Å². The van der Waals surface area contributed by atoms with Gasteiger partial charge in [0.2, 0.25) is 0 Å². The first-order chi connectivity index (χ1) is 13.4. The second-order valence-electron chi connectivity index (χ2n) is 8.25. The SMILES string of the molecule is CCN(C(=O)OC(C)(C)C)c1ncccc1C1CCCN1Cc1ccccc1. The summed E-state index contributed by atoms with van der Waals surface area (Å²) in [7, 11) is 0. The van der Waals surface area contributed by atoms with Crippen LogP contribution in [0.15, 0.2) is 48.7 Å². The molecule has 0 aliphatic carbocycles. The van der Waals surface area contributed by atoms with E-state index in [4.69, 9.17) is 4.74 Å². The molecular formula is C23H31N3O2. The van der Waals surface area contributed by atoms with Gasteiger partial charge in [0, 0.05) is 30.9 Å². The van der Waals surface area contributed by atoms with E-state index in [-0.39, 0.29) is 12.1 Å². The summed E-state index contributed by atoms with van der Waals surface area (Å²) in [5.74, 6) is 0.712. The quantitative estimate of drug-likeness (QED) is 0.716. The Hall–Kier alpha value is -2.40. The van der Waals surface area contributed by atoms with Crippen molar-refractivity contribution in [2.75, 3.05) is 18.0 Å². The number of carbonyl (C=O) groups is 1. The van der Waals surface area contributed by atoms with Crippen LogP contribution in [0.25, 0.3) is 0 Å². The van der Waals surface area contributed by atoms with E-state index in [1.807, 2.05) is 39.8 Å². The number of anilines is 1. The molecule has 1 atom stereocenters. The Morgan fingerprint density at radius 1 is 1.21 bits per heavy atom. The predicted molar refractivity (Wildman–Crippen MR) is 112 cm³/mol. The van der Waals surface area contributed by atoms with E-state index >= 15 is 0 Å². The molecule has 1 aliphatic rings. The van der Waals surface area contributed by atoms with E-state index in [1.165, 1.54) is 5.56 Å². The lowest BCUT2D eigenvalue weighted by Crippen LogP contribution is -2.38. The summed E-state index contributed by atoms with van der Waals surface area (Å²) in [5.41, 5.74) is 1.87. The van der Waals surface area contributed by atoms with Gasteiger partial charge in [-0.05, 0) is 58.7 Å². The van der Waals surface area contributed by atoms with Crippen molar-refractivity contribution in [3.8, 4) is 0 Å². The summed E-state index contributed by atoms with van der Waals surface area (Å²) in [4.78, 5) is 21.5. The van der Waals surface area contributed by atoms with Gasteiger partial charge >= 0.3 is 6.09 Å². The zero-order valence-corrected chi connectivity index (χ0v) is 17.4. The van der Waals surface area contributed by atoms with Crippen LogP contribution < -0.4 is 4.90 Å². The maximum atomic E-state index is 12.8. The molecule has 1 aliphatic heterocycles. The number of aromatic nitrogens is 1. The van der Waals surface area contributed by atoms with Gasteiger partial charge in [-0.2, -0.15) is 0 Å². The number of benzene rings is 1. The summed E-state index contributed by atoms with van der Waals surface area (Å²) in [5, 5.41) is 0. The highest BCUT2D eigenvalue weighted by Gasteiger charge is 2.32. The van der Waals surface area contributed by atoms with Crippen LogP contribution in [0, 0.1) is 0 Å². The molecule has 0 radical (unpaired) electrons. The number of hydrogen-bond donors (Lipinski definition) is 0. The Morgan fingerprint density at radius 3 is 2.64 bits per heavy atom. The number of carbonyl (C=O) groups excluding carboxylic acids is 1. The van der Waals surface area contributed by atoms with Crippen LogP contribution in [0.2, 0.25) is 0 Å². The number of pyridine rings is 1. The first-order valence-corrected chi connectivity index (χ1v) is 10.1. The zero-order chi connectivity index (χ0) is 20.1. The van der Waals surface area contributed by atoms with E-state index in [0.29, 0.717) is 12.4 Å². The molecule has 1 aromatic carbocycles. The van der Waals surface area contributed by atoms with Gasteiger partial charge in [-0.1, -0.05) is 36.4 Å². The fourth-order valence-corrected chi connectivity index (χ4v) is 3.76. The smallest absolute Gasteiger partial charge is 0.415 e. The Balaban J connectivity index is 1.87. The molecule has 0 saturated carbocycles. The molecule has 0 bridgehead atoms. The average molecular weight is 382 g/mol. The number of ether oxygens (including phenoxy) is 1. The number of amides is 1. The van der Waals surface area contributed by atoms with Crippen molar-refractivity contribution in [2.45, 2.75) is 58.7 Å². The minimum absolute atomic E-state index is 0.250. The molecule has 1 aromatic heterocycles. The van der Waals surface area contributed by atoms with Gasteiger partial charge in [0.25, 0.3) is 0 Å². The minimum atomic E-state index is -0.536. The van der Waals surface area contributed by atoms with Gasteiger partial charge < -0.3 is 4.74 Å². The van der Waals surface area contributed by atoms with Crippen molar-refractivity contribution in [3.05, 3.63) is 59.8 Å². The van der Waals surface area contributed by atoms with Gasteiger partial charge in [0.1, 0.15) is 11.4 Å². The number of nitrogens with zero attached hydrogens (tertiary/aromatic N) is 3. The molecule has 2 heterocycles. The van der Waals surface area contributed by atoms with Gasteiger partial charge in [-0.3, -0.25) is 9.80 Å². The van der Waals surface area contributed by atoms with E-state index in [9.17, 15) is 4.79 Å². The highest BCUT2D eigenvalue weighted by atomic mass is 16.6. The van der Waals surface area contributed by atoms with Crippen LogP contribution in [0.4, 0.5) is 10.6 Å². The minimum Gasteiger partial charge on any atom is -0.443 e. The molecular weight excluding hydrogens is 350 g/mol. The highest BCUT2D eigenvalue weighted by molar-refractivity contribution is 5.87. The van der Waals surface area contributed by atoms with Gasteiger partial charge in [0.05, 0.1) is 0 Å². The van der Waals surface area contributed by atoms with Crippen molar-refractivity contribution < 1.29 is 9.53 Å². The first kappa shape index (κ1) is 20.3. The lowest BCUT2D eigenvalue weighted by atomic mass is 10.0. The first-order valence-electron chi connectivity index (χ1n) is 10.1. The van der Waals surface area contributed by atoms with Crippen LogP contribution in [-0.4, -0.2) is 34.7 Å². The van der Waals surface area contributed by atoms with Crippen molar-refractivity contribution in [1.82, 2.24) is 9.88 Å². The predicted octanol–water partition coefficient (Wildman–Crippen LogP) is 5.18. The standard InChI is InChI=1S/C23H31N3O2/c1-5-26(22(27)28-23(2,3)4)21-19(13-9-15-24-21)20-14-10-16-25(20)17-18-11-7-6-8-12-18/h6-9,11-13,15,20H,5,10,14,16-17H2,1-4H3. The fourth-order valence-electron chi connectivity index (χ4n) is 3.76. The lowest BCUT2D eigenvalue weighted by Gasteiger charge is -2.30. The molecule has 2 aromatic rings. The normalized spacial score (nSPS) is 17.5. The van der Waals surface area contributed by atoms with Gasteiger partial charge in [-0.15, -0.1) is 0 Å². The Labute approximate surface area is 168 Å². The molecule has 5 nitrogen and oxygen atoms in total. The molecule has 1 amide bonds. The van der Waals surface area contributed by atoms with Gasteiger partial charge in [0.15, 0.2) is 0 Å². The lowest BCUT2D eigenvalue weighted by molar-refractivity contribution is 0.0580. The number of hydrogen-bond acceptors (Lipinski definition) is 4. The Bertz CT molecular complexity index is 786. The summed E-state index contributed by atoms with van der Waals surface area (Å²) < 4.78 is 5.62. The molecule has 1 fully saturated rings. The van der Waals surface area contributed by atoms with E-state index in [1.54, 1.807) is 11.1 Å². The van der Waals surface area contributed by atoms with Crippen molar-refractivity contribution >= 4 is 11.9 Å². The summed E-state index contributed by atoms with van der Waals surface area (Å²) in [6.45, 7) is 10.1. The summed E-state index contributed by atoms with van der Waals surface area (Å²) >= 11 is 0. The van der Waals surface area contributed by atoms with Crippen molar-refractivity contribution in [2.24, 2.45) is 0 Å². The molecule has 1 saturated heterocycles. The summed E-state index contributed by atoms with van der Waals surface area (Å²) in [6, 6.07) is 14.8. The number of likely N-dealkylation sites (tertiary alicyclic amines) is 1. The van der Waals surface area contributed by atoms with Crippen molar-refractivity contribution in [1.29, 1.82) is 0 Å². The monoisotopic (exact) mass is 381 g/mol. The summed E-state index contributed by atoms with van der Waals surface area (Å²) in [6.07, 6.45) is 3.62. The van der Waals surface area contributed by atoms with Crippen LogP contribution in [0.3, 0.4) is 0 Å². The second kappa shape index (κ2) is 8.74. The molecule has 0 spiro atoms. The molecule has 0 N–H and O–H groups in total. The van der Waals surface area contributed by atoms with Crippen molar-refractivity contribution in [3.63, 3.8) is 0 Å². The van der Waals surface area contributed by atoms with E-state index in [0.717, 1.165) is 31.5 Å². The fraction of sp³-hybridized carbons (Fsp3) is 0.478. The maximum absolute atomic E-state index is 12.8. The highest BCUT2D eigenvalue weighted by Crippen LogP contribution is 2.37. The van der Waals surface area contributed by atoms with Gasteiger partial charge in [-0.25, -0.2) is 9.78 Å². The molecule has 5 heteroatoms. The Morgan fingerprint density at radius 2 is 1.96 bits per heavy atom. The maximum Gasteiger partial charge on any atom is 0.415 e. The Kier molecular flexibility index (Phi) is 6.35.